The van der Waals surface area contributed by atoms with E-state index in [1.54, 1.807) is 24.0 Å². The molecule has 0 fully saturated rings. The van der Waals surface area contributed by atoms with Crippen LogP contribution in [-0.2, 0) is 19.6 Å². The Bertz CT molecular complexity index is 661. The summed E-state index contributed by atoms with van der Waals surface area (Å²) in [6.45, 7) is 0. The summed E-state index contributed by atoms with van der Waals surface area (Å²) in [4.78, 5) is 15.9. The highest BCUT2D eigenvalue weighted by Crippen LogP contribution is 2.32. The molecule has 1 aromatic carbocycles. The van der Waals surface area contributed by atoms with Gasteiger partial charge in [-0.05, 0) is 18.2 Å². The number of nitrogens with zero attached hydrogens (tertiary/aromatic N) is 2. The summed E-state index contributed by atoms with van der Waals surface area (Å²) in [7, 11) is 1.76. The lowest BCUT2D eigenvalue weighted by Gasteiger charge is -2.09. The Labute approximate surface area is 118 Å². The molecule has 1 aromatic heterocycles. The third-order valence-electron chi connectivity index (χ3n) is 3.09. The molecular formula is C14H12F4N2O. The van der Waals surface area contributed by atoms with Gasteiger partial charge in [-0.25, -0.2) is 9.37 Å². The van der Waals surface area contributed by atoms with Gasteiger partial charge in [0.1, 0.15) is 11.6 Å². The highest BCUT2D eigenvalue weighted by molar-refractivity contribution is 5.96. The number of Topliss-reactive ketones (excluding diaryl/α,β-unsaturated/α-hetero) is 1. The van der Waals surface area contributed by atoms with Gasteiger partial charge in [0.15, 0.2) is 5.78 Å². The largest absolute Gasteiger partial charge is 0.419 e. The van der Waals surface area contributed by atoms with Gasteiger partial charge in [-0.1, -0.05) is 0 Å². The highest BCUT2D eigenvalue weighted by Gasteiger charge is 2.34. The molecule has 7 heteroatoms. The van der Waals surface area contributed by atoms with Crippen LogP contribution in [0.15, 0.2) is 30.6 Å². The van der Waals surface area contributed by atoms with E-state index in [-0.39, 0.29) is 12.0 Å². The van der Waals surface area contributed by atoms with E-state index in [9.17, 15) is 22.4 Å². The van der Waals surface area contributed by atoms with E-state index >= 15 is 0 Å². The molecule has 0 saturated carbocycles. The monoisotopic (exact) mass is 300 g/mol. The van der Waals surface area contributed by atoms with Crippen LogP contribution >= 0.6 is 0 Å². The van der Waals surface area contributed by atoms with Crippen molar-refractivity contribution in [3.8, 4) is 0 Å². The maximum atomic E-state index is 13.1. The summed E-state index contributed by atoms with van der Waals surface area (Å²) >= 11 is 0. The lowest BCUT2D eigenvalue weighted by atomic mass is 10.0. The Kier molecular flexibility index (Phi) is 4.11. The van der Waals surface area contributed by atoms with Crippen LogP contribution in [0.4, 0.5) is 17.6 Å². The smallest absolute Gasteiger partial charge is 0.338 e. The van der Waals surface area contributed by atoms with E-state index in [0.717, 1.165) is 6.07 Å². The quantitative estimate of drug-likeness (QED) is 0.641. The van der Waals surface area contributed by atoms with Crippen molar-refractivity contribution >= 4 is 5.78 Å². The number of ketones is 1. The first-order valence-electron chi connectivity index (χ1n) is 6.15. The van der Waals surface area contributed by atoms with Gasteiger partial charge in [-0.15, -0.1) is 0 Å². The first kappa shape index (κ1) is 15.2. The van der Waals surface area contributed by atoms with Gasteiger partial charge >= 0.3 is 6.18 Å². The van der Waals surface area contributed by atoms with Crippen LogP contribution < -0.4 is 0 Å². The molecule has 0 spiro atoms. The highest BCUT2D eigenvalue weighted by atomic mass is 19.4. The minimum absolute atomic E-state index is 0.00772. The zero-order valence-corrected chi connectivity index (χ0v) is 11.1. The van der Waals surface area contributed by atoms with Gasteiger partial charge < -0.3 is 4.57 Å². The minimum Gasteiger partial charge on any atom is -0.338 e. The van der Waals surface area contributed by atoms with Crippen molar-refractivity contribution < 1.29 is 22.4 Å². The fourth-order valence-corrected chi connectivity index (χ4v) is 1.92. The fourth-order valence-electron chi connectivity index (χ4n) is 1.92. The van der Waals surface area contributed by atoms with Crippen molar-refractivity contribution in [1.29, 1.82) is 0 Å². The van der Waals surface area contributed by atoms with Gasteiger partial charge in [0.2, 0.25) is 0 Å². The third kappa shape index (κ3) is 3.48. The molecule has 0 unspecified atom stereocenters. The molecule has 0 aliphatic carbocycles. The molecule has 1 heterocycles. The van der Waals surface area contributed by atoms with E-state index < -0.39 is 23.3 Å². The van der Waals surface area contributed by atoms with E-state index in [0.29, 0.717) is 24.4 Å². The SMILES string of the molecule is Cn1ccnc1CCC(=O)c1ccc(F)c(C(F)(F)F)c1. The second kappa shape index (κ2) is 5.67. The maximum Gasteiger partial charge on any atom is 0.419 e. The lowest BCUT2D eigenvalue weighted by molar-refractivity contribution is -0.140. The number of hydrogen-bond acceptors (Lipinski definition) is 2. The van der Waals surface area contributed by atoms with Crippen molar-refractivity contribution in [2.45, 2.75) is 19.0 Å². The Morgan fingerprint density at radius 3 is 2.62 bits per heavy atom. The van der Waals surface area contributed by atoms with Crippen LogP contribution in [0, 0.1) is 5.82 Å². The number of benzene rings is 1. The third-order valence-corrected chi connectivity index (χ3v) is 3.09. The molecule has 0 radical (unpaired) electrons. The molecule has 0 amide bonds. The normalized spacial score (nSPS) is 11.7. The average molecular weight is 300 g/mol. The number of halogens is 4. The second-order valence-electron chi connectivity index (χ2n) is 4.57. The zero-order valence-electron chi connectivity index (χ0n) is 11.1. The molecule has 0 bridgehead atoms. The first-order valence-corrected chi connectivity index (χ1v) is 6.15. The molecule has 0 saturated heterocycles. The Morgan fingerprint density at radius 2 is 2.05 bits per heavy atom. The summed E-state index contributed by atoms with van der Waals surface area (Å²) in [5, 5.41) is 0. The number of hydrogen-bond donors (Lipinski definition) is 0. The summed E-state index contributed by atoms with van der Waals surface area (Å²) in [6, 6.07) is 2.28. The Morgan fingerprint density at radius 1 is 1.33 bits per heavy atom. The number of imidazole rings is 1. The van der Waals surface area contributed by atoms with Gasteiger partial charge in [-0.3, -0.25) is 4.79 Å². The number of rotatable bonds is 4. The van der Waals surface area contributed by atoms with Crippen LogP contribution in [0.5, 0.6) is 0 Å². The number of carbonyl (C=O) groups is 1. The molecule has 0 atom stereocenters. The Hall–Kier alpha value is -2.18. The average Bonchev–Trinajstić information content (AvgIpc) is 2.80. The maximum absolute atomic E-state index is 13.1. The van der Waals surface area contributed by atoms with Gasteiger partial charge in [-0.2, -0.15) is 13.2 Å². The van der Waals surface area contributed by atoms with Crippen LogP contribution in [0.2, 0.25) is 0 Å². The second-order valence-corrected chi connectivity index (χ2v) is 4.57. The molecule has 112 valence electrons. The van der Waals surface area contributed by atoms with E-state index in [4.69, 9.17) is 0 Å². The lowest BCUT2D eigenvalue weighted by Crippen LogP contribution is -2.11. The van der Waals surface area contributed by atoms with Crippen molar-refractivity contribution in [1.82, 2.24) is 9.55 Å². The molecule has 0 N–H and O–H groups in total. The standard InChI is InChI=1S/C14H12F4N2O/c1-20-7-6-19-13(20)5-4-12(21)9-2-3-11(15)10(8-9)14(16,17)18/h2-3,6-8H,4-5H2,1H3. The molecule has 0 aliphatic heterocycles. The van der Waals surface area contributed by atoms with Crippen molar-refractivity contribution in [3.63, 3.8) is 0 Å². The Balaban J connectivity index is 2.15. The van der Waals surface area contributed by atoms with E-state index in [1.807, 2.05) is 0 Å². The first-order chi connectivity index (χ1) is 9.79. The molecule has 2 aromatic rings. The number of aryl methyl sites for hydroxylation is 2. The van der Waals surface area contributed by atoms with Crippen LogP contribution in [0.1, 0.15) is 28.2 Å². The molecule has 2 rings (SSSR count). The predicted molar refractivity (Wildman–Crippen MR) is 67.3 cm³/mol. The molecular weight excluding hydrogens is 288 g/mol. The van der Waals surface area contributed by atoms with E-state index in [2.05, 4.69) is 4.98 Å². The van der Waals surface area contributed by atoms with Crippen LogP contribution in [0.3, 0.4) is 0 Å². The van der Waals surface area contributed by atoms with Crippen molar-refractivity contribution in [2.24, 2.45) is 7.05 Å². The summed E-state index contributed by atoms with van der Waals surface area (Å²) in [5.74, 6) is -1.21. The molecule has 3 nitrogen and oxygen atoms in total. The van der Waals surface area contributed by atoms with Gasteiger partial charge in [0.25, 0.3) is 0 Å². The van der Waals surface area contributed by atoms with Gasteiger partial charge in [0.05, 0.1) is 5.56 Å². The number of alkyl halides is 3. The molecule has 0 aliphatic rings. The van der Waals surface area contributed by atoms with Crippen LogP contribution in [0.25, 0.3) is 0 Å². The fraction of sp³-hybridized carbons (Fsp3) is 0.286. The number of carbonyl (C=O) groups excluding carboxylic acids is 1. The van der Waals surface area contributed by atoms with Gasteiger partial charge in [0, 0.05) is 37.8 Å². The zero-order chi connectivity index (χ0) is 15.6. The summed E-state index contributed by atoms with van der Waals surface area (Å²) < 4.78 is 52.6. The van der Waals surface area contributed by atoms with Crippen LogP contribution in [-0.4, -0.2) is 15.3 Å². The van der Waals surface area contributed by atoms with Crippen molar-refractivity contribution in [3.05, 3.63) is 53.4 Å². The predicted octanol–water partition coefficient (Wildman–Crippen LogP) is 3.39. The minimum atomic E-state index is -4.82. The summed E-state index contributed by atoms with van der Waals surface area (Å²) in [5.41, 5.74) is -1.58. The number of aromatic nitrogens is 2. The molecule has 21 heavy (non-hydrogen) atoms. The van der Waals surface area contributed by atoms with Crippen molar-refractivity contribution in [2.75, 3.05) is 0 Å². The van der Waals surface area contributed by atoms with E-state index in [1.165, 1.54) is 0 Å². The summed E-state index contributed by atoms with van der Waals surface area (Å²) in [6.07, 6.45) is -1.23. The topological polar surface area (TPSA) is 34.9 Å².